The Hall–Kier alpha value is -1.83. The molecule has 2 aromatic rings. The highest BCUT2D eigenvalue weighted by atomic mass is 16.2. The molecule has 2 nitrogen and oxygen atoms in total. The maximum absolute atomic E-state index is 12.5. The lowest BCUT2D eigenvalue weighted by Crippen LogP contribution is -2.32. The zero-order valence-electron chi connectivity index (χ0n) is 14.6. The van der Waals surface area contributed by atoms with Gasteiger partial charge < -0.3 is 4.90 Å². The zero-order chi connectivity index (χ0) is 16.6. The number of nitrogens with zero attached hydrogens (tertiary/aromatic N) is 1. The van der Waals surface area contributed by atoms with Gasteiger partial charge in [-0.2, -0.15) is 0 Å². The van der Waals surface area contributed by atoms with Crippen LogP contribution in [-0.2, 0) is 10.2 Å². The molecule has 2 fully saturated rings. The molecule has 0 bridgehead atoms. The van der Waals surface area contributed by atoms with Crippen LogP contribution in [0.5, 0.6) is 0 Å². The third-order valence-electron chi connectivity index (χ3n) is 6.07. The van der Waals surface area contributed by atoms with E-state index in [4.69, 9.17) is 0 Å². The number of unbranched alkanes of at least 4 members (excludes halogenated alkanes) is 3. The first kappa shape index (κ1) is 15.7. The summed E-state index contributed by atoms with van der Waals surface area (Å²) in [5.41, 5.74) is 1.69. The number of amides is 1. The molecule has 1 amide bonds. The van der Waals surface area contributed by atoms with E-state index in [0.717, 1.165) is 25.9 Å². The second kappa shape index (κ2) is 6.23. The van der Waals surface area contributed by atoms with Crippen molar-refractivity contribution in [1.29, 1.82) is 0 Å². The maximum atomic E-state index is 12.5. The van der Waals surface area contributed by atoms with Gasteiger partial charge in [0.05, 0.1) is 0 Å². The summed E-state index contributed by atoms with van der Waals surface area (Å²) in [4.78, 5) is 14.6. The van der Waals surface area contributed by atoms with Gasteiger partial charge in [-0.3, -0.25) is 4.79 Å². The fourth-order valence-electron chi connectivity index (χ4n) is 4.48. The van der Waals surface area contributed by atoms with Gasteiger partial charge >= 0.3 is 0 Å². The van der Waals surface area contributed by atoms with Crippen LogP contribution in [0.3, 0.4) is 0 Å². The van der Waals surface area contributed by atoms with Crippen LogP contribution in [0.4, 0.5) is 0 Å². The Balaban J connectivity index is 1.44. The highest BCUT2D eigenvalue weighted by Crippen LogP contribution is 2.59. The molecule has 0 radical (unpaired) electrons. The van der Waals surface area contributed by atoms with E-state index in [1.54, 1.807) is 0 Å². The lowest BCUT2D eigenvalue weighted by Gasteiger charge is -2.21. The number of carbonyl (C=O) groups is 1. The topological polar surface area (TPSA) is 20.3 Å². The average Bonchev–Trinajstić information content (AvgIpc) is 3.19. The molecule has 1 aliphatic heterocycles. The molecule has 1 aliphatic carbocycles. The molecule has 4 rings (SSSR count). The van der Waals surface area contributed by atoms with Gasteiger partial charge in [-0.1, -0.05) is 68.7 Å². The Bertz CT molecular complexity index is 752. The first-order chi connectivity index (χ1) is 11.7. The van der Waals surface area contributed by atoms with Crippen molar-refractivity contribution < 1.29 is 4.79 Å². The van der Waals surface area contributed by atoms with Crippen LogP contribution in [0.1, 0.15) is 51.0 Å². The van der Waals surface area contributed by atoms with E-state index in [-0.39, 0.29) is 5.41 Å². The van der Waals surface area contributed by atoms with Crippen LogP contribution in [0.2, 0.25) is 0 Å². The summed E-state index contributed by atoms with van der Waals surface area (Å²) in [5.74, 6) is 1.05. The molecule has 0 spiro atoms. The normalized spacial score (nSPS) is 25.0. The molecule has 24 heavy (non-hydrogen) atoms. The standard InChI is InChI=1S/C22H27NO/c1-2-3-4-5-10-21(24)23-15-20-14-22(20,16-23)19-12-11-17-8-6-7-9-18(17)13-19/h6-9,11-13,20H,2-5,10,14-16H2,1H3/t20-,22+/m1/s1. The van der Waals surface area contributed by atoms with Gasteiger partial charge in [0.25, 0.3) is 0 Å². The van der Waals surface area contributed by atoms with Gasteiger partial charge in [-0.15, -0.1) is 0 Å². The van der Waals surface area contributed by atoms with Gasteiger partial charge in [0.15, 0.2) is 0 Å². The van der Waals surface area contributed by atoms with E-state index in [1.807, 2.05) is 0 Å². The molecule has 2 aliphatic rings. The van der Waals surface area contributed by atoms with Crippen LogP contribution in [0, 0.1) is 5.92 Å². The van der Waals surface area contributed by atoms with Crippen LogP contribution in [0.15, 0.2) is 42.5 Å². The van der Waals surface area contributed by atoms with Crippen molar-refractivity contribution in [3.63, 3.8) is 0 Å². The van der Waals surface area contributed by atoms with Crippen molar-refractivity contribution in [2.75, 3.05) is 13.1 Å². The van der Waals surface area contributed by atoms with E-state index in [9.17, 15) is 4.79 Å². The minimum Gasteiger partial charge on any atom is -0.341 e. The van der Waals surface area contributed by atoms with E-state index >= 15 is 0 Å². The lowest BCUT2D eigenvalue weighted by atomic mass is 9.93. The summed E-state index contributed by atoms with van der Waals surface area (Å²) in [7, 11) is 0. The highest BCUT2D eigenvalue weighted by molar-refractivity contribution is 5.84. The molecule has 0 N–H and O–H groups in total. The van der Waals surface area contributed by atoms with E-state index in [2.05, 4.69) is 54.3 Å². The Labute approximate surface area is 144 Å². The van der Waals surface area contributed by atoms with E-state index < -0.39 is 0 Å². The minimum atomic E-state index is 0.253. The molecule has 126 valence electrons. The van der Waals surface area contributed by atoms with Crippen LogP contribution in [0.25, 0.3) is 10.8 Å². The lowest BCUT2D eigenvalue weighted by molar-refractivity contribution is -0.130. The molecule has 2 atom stereocenters. The first-order valence-corrected chi connectivity index (χ1v) is 9.50. The Morgan fingerprint density at radius 3 is 2.79 bits per heavy atom. The van der Waals surface area contributed by atoms with Gasteiger partial charge in [-0.25, -0.2) is 0 Å². The first-order valence-electron chi connectivity index (χ1n) is 9.50. The number of benzene rings is 2. The highest BCUT2D eigenvalue weighted by Gasteiger charge is 2.61. The second-order valence-electron chi connectivity index (χ2n) is 7.70. The van der Waals surface area contributed by atoms with Crippen molar-refractivity contribution in [1.82, 2.24) is 4.90 Å². The van der Waals surface area contributed by atoms with Gasteiger partial charge in [0.1, 0.15) is 0 Å². The number of piperidine rings is 1. The number of hydrogen-bond donors (Lipinski definition) is 0. The van der Waals surface area contributed by atoms with E-state index in [0.29, 0.717) is 11.8 Å². The molecule has 1 saturated carbocycles. The summed E-state index contributed by atoms with van der Waals surface area (Å²) in [6, 6.07) is 15.4. The van der Waals surface area contributed by atoms with Gasteiger partial charge in [-0.05, 0) is 35.1 Å². The number of likely N-dealkylation sites (tertiary alicyclic amines) is 1. The number of hydrogen-bond acceptors (Lipinski definition) is 1. The fraction of sp³-hybridized carbons (Fsp3) is 0.500. The van der Waals surface area contributed by atoms with Crippen LogP contribution >= 0.6 is 0 Å². The molecule has 2 aromatic carbocycles. The number of carbonyl (C=O) groups excluding carboxylic acids is 1. The number of rotatable bonds is 6. The summed E-state index contributed by atoms with van der Waals surface area (Å²) < 4.78 is 0. The SMILES string of the molecule is CCCCCCC(=O)N1C[C@H]2C[C@@]2(c2ccc3ccccc3c2)C1. The smallest absolute Gasteiger partial charge is 0.222 e. The monoisotopic (exact) mass is 321 g/mol. The fourth-order valence-corrected chi connectivity index (χ4v) is 4.48. The quantitative estimate of drug-likeness (QED) is 0.692. The Morgan fingerprint density at radius 2 is 1.96 bits per heavy atom. The average molecular weight is 321 g/mol. The number of fused-ring (bicyclic) bond motifs is 2. The van der Waals surface area contributed by atoms with Crippen molar-refractivity contribution in [2.45, 2.75) is 50.9 Å². The molecule has 1 saturated heterocycles. The van der Waals surface area contributed by atoms with E-state index in [1.165, 1.54) is 42.0 Å². The van der Waals surface area contributed by atoms with Gasteiger partial charge in [0.2, 0.25) is 5.91 Å². The van der Waals surface area contributed by atoms with Crippen molar-refractivity contribution in [3.8, 4) is 0 Å². The zero-order valence-corrected chi connectivity index (χ0v) is 14.6. The molecule has 0 aromatic heterocycles. The van der Waals surface area contributed by atoms with Crippen LogP contribution < -0.4 is 0 Å². The third-order valence-corrected chi connectivity index (χ3v) is 6.07. The summed E-state index contributed by atoms with van der Waals surface area (Å²) in [5, 5.41) is 2.62. The third kappa shape index (κ3) is 2.72. The molecular formula is C22H27NO. The molecular weight excluding hydrogens is 294 g/mol. The van der Waals surface area contributed by atoms with Gasteiger partial charge in [0, 0.05) is 24.9 Å². The molecule has 1 heterocycles. The summed E-state index contributed by atoms with van der Waals surface area (Å²) in [6.07, 6.45) is 6.71. The second-order valence-corrected chi connectivity index (χ2v) is 7.70. The van der Waals surface area contributed by atoms with Crippen molar-refractivity contribution in [3.05, 3.63) is 48.0 Å². The Kier molecular flexibility index (Phi) is 4.07. The largest absolute Gasteiger partial charge is 0.341 e. The predicted octanol–water partition coefficient (Wildman–Crippen LogP) is 4.91. The summed E-state index contributed by atoms with van der Waals surface area (Å²) >= 11 is 0. The maximum Gasteiger partial charge on any atom is 0.222 e. The summed E-state index contributed by atoms with van der Waals surface area (Å²) in [6.45, 7) is 4.12. The Morgan fingerprint density at radius 1 is 1.12 bits per heavy atom. The molecule has 0 unspecified atom stereocenters. The van der Waals surface area contributed by atoms with Crippen LogP contribution in [-0.4, -0.2) is 23.9 Å². The van der Waals surface area contributed by atoms with Crippen molar-refractivity contribution in [2.24, 2.45) is 5.92 Å². The minimum absolute atomic E-state index is 0.253. The van der Waals surface area contributed by atoms with Crippen molar-refractivity contribution >= 4 is 16.7 Å². The molecule has 2 heteroatoms. The predicted molar refractivity (Wildman–Crippen MR) is 99.1 cm³/mol.